The summed E-state index contributed by atoms with van der Waals surface area (Å²) >= 11 is 1.39. The number of amides is 1. The molecule has 0 spiro atoms. The quantitative estimate of drug-likeness (QED) is 0.508. The van der Waals surface area contributed by atoms with Gasteiger partial charge in [-0.2, -0.15) is 0 Å². The van der Waals surface area contributed by atoms with Crippen LogP contribution in [0.2, 0.25) is 0 Å². The fourth-order valence-corrected chi connectivity index (χ4v) is 3.85. The maximum Gasteiger partial charge on any atom is 0.230 e. The Morgan fingerprint density at radius 2 is 1.93 bits per heavy atom. The average molecular weight is 392 g/mol. The van der Waals surface area contributed by atoms with Gasteiger partial charge in [-0.25, -0.2) is 0 Å². The van der Waals surface area contributed by atoms with Gasteiger partial charge >= 0.3 is 0 Å². The van der Waals surface area contributed by atoms with Gasteiger partial charge in [0.1, 0.15) is 5.75 Å². The van der Waals surface area contributed by atoms with Crippen LogP contribution in [0.5, 0.6) is 5.75 Å². The van der Waals surface area contributed by atoms with E-state index in [1.165, 1.54) is 11.8 Å². The average Bonchev–Trinajstić information content (AvgIpc) is 3.16. The first kappa shape index (κ1) is 18.3. The van der Waals surface area contributed by atoms with Crippen molar-refractivity contribution in [2.45, 2.75) is 18.6 Å². The zero-order chi connectivity index (χ0) is 19.5. The predicted molar refractivity (Wildman–Crippen MR) is 111 cm³/mol. The largest absolute Gasteiger partial charge is 0.497 e. The van der Waals surface area contributed by atoms with Crippen molar-refractivity contribution in [1.29, 1.82) is 0 Å². The van der Waals surface area contributed by atoms with Crippen molar-refractivity contribution < 1.29 is 9.53 Å². The molecule has 28 heavy (non-hydrogen) atoms. The number of carbonyl (C=O) groups excluding carboxylic acids is 1. The molecule has 0 aliphatic heterocycles. The van der Waals surface area contributed by atoms with Gasteiger partial charge < -0.3 is 10.1 Å². The fraction of sp³-hybridized carbons (Fsp3) is 0.190. The second-order valence-corrected chi connectivity index (χ2v) is 7.38. The second kappa shape index (κ2) is 7.90. The van der Waals surface area contributed by atoms with E-state index in [9.17, 15) is 4.79 Å². The highest BCUT2D eigenvalue weighted by Crippen LogP contribution is 2.25. The lowest BCUT2D eigenvalue weighted by molar-refractivity contribution is -0.118. The molecule has 2 aromatic carbocycles. The molecule has 0 saturated heterocycles. The van der Waals surface area contributed by atoms with Crippen LogP contribution in [-0.4, -0.2) is 33.4 Å². The SMILES string of the molecule is COc1ccc(CNC(=O)CSc2nnc3c(C)cc4ccccc4n23)cc1. The van der Waals surface area contributed by atoms with Crippen LogP contribution in [0.25, 0.3) is 16.6 Å². The van der Waals surface area contributed by atoms with Gasteiger partial charge in [-0.1, -0.05) is 42.1 Å². The molecule has 7 heteroatoms. The molecule has 1 N–H and O–H groups in total. The Balaban J connectivity index is 1.45. The van der Waals surface area contributed by atoms with Crippen molar-refractivity contribution >= 4 is 34.2 Å². The zero-order valence-corrected chi connectivity index (χ0v) is 16.5. The normalized spacial score (nSPS) is 11.1. The van der Waals surface area contributed by atoms with E-state index in [2.05, 4.69) is 27.6 Å². The number of nitrogens with one attached hydrogen (secondary N) is 1. The molecule has 0 atom stereocenters. The first-order chi connectivity index (χ1) is 13.7. The number of methoxy groups -OCH3 is 1. The summed E-state index contributed by atoms with van der Waals surface area (Å²) < 4.78 is 7.16. The molecule has 0 saturated carbocycles. The minimum absolute atomic E-state index is 0.0467. The minimum atomic E-state index is -0.0467. The van der Waals surface area contributed by atoms with Crippen molar-refractivity contribution in [3.63, 3.8) is 0 Å². The molecule has 0 bridgehead atoms. The van der Waals surface area contributed by atoms with E-state index in [0.29, 0.717) is 6.54 Å². The number of ether oxygens (including phenoxy) is 1. The fourth-order valence-electron chi connectivity index (χ4n) is 3.07. The summed E-state index contributed by atoms with van der Waals surface area (Å²) in [5, 5.41) is 13.4. The standard InChI is InChI=1S/C21H20N4O2S/c1-14-11-16-5-3-4-6-18(16)25-20(14)23-24-21(25)28-13-19(26)22-12-15-7-9-17(27-2)10-8-15/h3-11H,12-13H2,1-2H3,(H,22,26). The topological polar surface area (TPSA) is 68.5 Å². The maximum absolute atomic E-state index is 12.3. The number of pyridine rings is 1. The first-order valence-electron chi connectivity index (χ1n) is 8.91. The van der Waals surface area contributed by atoms with E-state index in [0.717, 1.165) is 38.6 Å². The van der Waals surface area contributed by atoms with Gasteiger partial charge in [0.25, 0.3) is 0 Å². The molecule has 2 aromatic heterocycles. The lowest BCUT2D eigenvalue weighted by Gasteiger charge is -2.08. The summed E-state index contributed by atoms with van der Waals surface area (Å²) in [7, 11) is 1.63. The van der Waals surface area contributed by atoms with Crippen molar-refractivity contribution in [3.05, 3.63) is 65.7 Å². The van der Waals surface area contributed by atoms with E-state index >= 15 is 0 Å². The number of rotatable bonds is 6. The summed E-state index contributed by atoms with van der Waals surface area (Å²) in [6.45, 7) is 2.50. The molecule has 0 aliphatic rings. The third kappa shape index (κ3) is 3.66. The van der Waals surface area contributed by atoms with Gasteiger partial charge in [-0.15, -0.1) is 10.2 Å². The number of nitrogens with zero attached hydrogens (tertiary/aromatic N) is 3. The third-order valence-corrected chi connectivity index (χ3v) is 5.45. The number of hydrogen-bond donors (Lipinski definition) is 1. The van der Waals surface area contributed by atoms with Gasteiger partial charge in [-0.3, -0.25) is 9.20 Å². The Labute approximate surface area is 166 Å². The van der Waals surface area contributed by atoms with Crippen LogP contribution in [0.3, 0.4) is 0 Å². The van der Waals surface area contributed by atoms with Crippen LogP contribution in [0, 0.1) is 6.92 Å². The molecule has 4 rings (SSSR count). The molecule has 6 nitrogen and oxygen atoms in total. The lowest BCUT2D eigenvalue weighted by atomic mass is 10.1. The molecule has 4 aromatic rings. The van der Waals surface area contributed by atoms with E-state index in [1.807, 2.05) is 53.8 Å². The van der Waals surface area contributed by atoms with Gasteiger partial charge in [0.2, 0.25) is 5.91 Å². The van der Waals surface area contributed by atoms with Gasteiger partial charge in [0.15, 0.2) is 10.8 Å². The summed E-state index contributed by atoms with van der Waals surface area (Å²) in [6.07, 6.45) is 0. The van der Waals surface area contributed by atoms with Crippen LogP contribution in [-0.2, 0) is 11.3 Å². The van der Waals surface area contributed by atoms with Crippen LogP contribution in [0.1, 0.15) is 11.1 Å². The van der Waals surface area contributed by atoms with Gasteiger partial charge in [-0.05, 0) is 47.7 Å². The zero-order valence-electron chi connectivity index (χ0n) is 15.7. The smallest absolute Gasteiger partial charge is 0.230 e. The number of thioether (sulfide) groups is 1. The molecular weight excluding hydrogens is 372 g/mol. The van der Waals surface area contributed by atoms with Crippen molar-refractivity contribution in [2.75, 3.05) is 12.9 Å². The van der Waals surface area contributed by atoms with Gasteiger partial charge in [0, 0.05) is 6.54 Å². The van der Waals surface area contributed by atoms with Crippen LogP contribution >= 0.6 is 11.8 Å². The number of fused-ring (bicyclic) bond motifs is 3. The van der Waals surface area contributed by atoms with E-state index in [1.54, 1.807) is 7.11 Å². The van der Waals surface area contributed by atoms with E-state index < -0.39 is 0 Å². The maximum atomic E-state index is 12.3. The van der Waals surface area contributed by atoms with E-state index in [-0.39, 0.29) is 11.7 Å². The summed E-state index contributed by atoms with van der Waals surface area (Å²) in [6, 6.07) is 17.9. The van der Waals surface area contributed by atoms with Crippen molar-refractivity contribution in [2.24, 2.45) is 0 Å². The number of aryl methyl sites for hydroxylation is 1. The lowest BCUT2D eigenvalue weighted by Crippen LogP contribution is -2.24. The van der Waals surface area contributed by atoms with E-state index in [4.69, 9.17) is 4.74 Å². The number of carbonyl (C=O) groups is 1. The summed E-state index contributed by atoms with van der Waals surface area (Å²) in [5.41, 5.74) is 3.93. The Hall–Kier alpha value is -3.06. The molecule has 0 radical (unpaired) electrons. The number of hydrogen-bond acceptors (Lipinski definition) is 5. The molecule has 2 heterocycles. The molecular formula is C21H20N4O2S. The monoisotopic (exact) mass is 392 g/mol. The van der Waals surface area contributed by atoms with Crippen LogP contribution in [0.4, 0.5) is 0 Å². The highest BCUT2D eigenvalue weighted by atomic mass is 32.2. The molecule has 142 valence electrons. The van der Waals surface area contributed by atoms with Crippen molar-refractivity contribution in [1.82, 2.24) is 19.9 Å². The van der Waals surface area contributed by atoms with Crippen molar-refractivity contribution in [3.8, 4) is 5.75 Å². The number of para-hydroxylation sites is 1. The molecule has 0 fully saturated rings. The Morgan fingerprint density at radius 1 is 1.14 bits per heavy atom. The molecule has 1 amide bonds. The first-order valence-corrected chi connectivity index (χ1v) is 9.90. The predicted octanol–water partition coefficient (Wildman–Crippen LogP) is 3.61. The molecule has 0 unspecified atom stereocenters. The Kier molecular flexibility index (Phi) is 5.16. The Bertz CT molecular complexity index is 1140. The second-order valence-electron chi connectivity index (χ2n) is 6.44. The summed E-state index contributed by atoms with van der Waals surface area (Å²) in [4.78, 5) is 12.3. The minimum Gasteiger partial charge on any atom is -0.497 e. The number of benzene rings is 2. The Morgan fingerprint density at radius 3 is 2.71 bits per heavy atom. The molecule has 0 aliphatic carbocycles. The van der Waals surface area contributed by atoms with Crippen LogP contribution in [0.15, 0.2) is 59.8 Å². The van der Waals surface area contributed by atoms with Crippen LogP contribution < -0.4 is 10.1 Å². The third-order valence-electron chi connectivity index (χ3n) is 4.52. The highest BCUT2D eigenvalue weighted by Gasteiger charge is 2.13. The number of aromatic nitrogens is 3. The summed E-state index contributed by atoms with van der Waals surface area (Å²) in [5.74, 6) is 1.03. The van der Waals surface area contributed by atoms with Gasteiger partial charge in [0.05, 0.1) is 18.4 Å². The highest BCUT2D eigenvalue weighted by molar-refractivity contribution is 7.99.